The van der Waals surface area contributed by atoms with Gasteiger partial charge >= 0.3 is 0 Å². The summed E-state index contributed by atoms with van der Waals surface area (Å²) in [4.78, 5) is 22.9. The summed E-state index contributed by atoms with van der Waals surface area (Å²) < 4.78 is 0. The molecule has 0 saturated carbocycles. The molecule has 6 nitrogen and oxygen atoms in total. The fraction of sp³-hybridized carbons (Fsp3) is 0.314. The highest BCUT2D eigenvalue weighted by Crippen LogP contribution is 2.26. The Hall–Kier alpha value is -4.32. The largest absolute Gasteiger partial charge is 0.369 e. The van der Waals surface area contributed by atoms with Crippen LogP contribution in [0.15, 0.2) is 101 Å². The van der Waals surface area contributed by atoms with Crippen molar-refractivity contribution in [3.8, 4) is 0 Å². The fourth-order valence-electron chi connectivity index (χ4n) is 5.09. The summed E-state index contributed by atoms with van der Waals surface area (Å²) in [7, 11) is 0. The average Bonchev–Trinajstić information content (AvgIpc) is 2.94. The number of carbonyl (C=O) groups excluding carboxylic acids is 1. The second-order valence-corrected chi connectivity index (χ2v) is 10.9. The maximum atomic E-state index is 13.3. The average molecular weight is 550 g/mol. The molecule has 3 aromatic rings. The summed E-state index contributed by atoms with van der Waals surface area (Å²) in [6.07, 6.45) is 3.46. The molecule has 0 spiro atoms. The van der Waals surface area contributed by atoms with E-state index in [4.69, 9.17) is 4.99 Å². The van der Waals surface area contributed by atoms with Crippen LogP contribution in [-0.2, 0) is 4.79 Å². The van der Waals surface area contributed by atoms with Gasteiger partial charge in [0.15, 0.2) is 0 Å². The summed E-state index contributed by atoms with van der Waals surface area (Å²) in [6.45, 7) is 17.0. The van der Waals surface area contributed by atoms with Gasteiger partial charge in [-0.15, -0.1) is 0 Å². The molecule has 0 atom stereocenters. The minimum absolute atomic E-state index is 0.106. The third-order valence-electron chi connectivity index (χ3n) is 7.27. The van der Waals surface area contributed by atoms with Crippen LogP contribution in [0.5, 0.6) is 0 Å². The van der Waals surface area contributed by atoms with Crippen molar-refractivity contribution in [2.45, 2.75) is 60.5 Å². The minimum atomic E-state index is -0.106. The van der Waals surface area contributed by atoms with Crippen molar-refractivity contribution in [2.75, 3.05) is 33.5 Å². The van der Waals surface area contributed by atoms with Crippen LogP contribution in [-0.4, -0.2) is 36.7 Å². The first-order valence-electron chi connectivity index (χ1n) is 14.6. The number of ketones is 1. The zero-order valence-electron chi connectivity index (χ0n) is 25.4. The monoisotopic (exact) mass is 549 g/mol. The van der Waals surface area contributed by atoms with Gasteiger partial charge in [0.1, 0.15) is 0 Å². The fourth-order valence-corrected chi connectivity index (χ4v) is 5.09. The molecule has 214 valence electrons. The van der Waals surface area contributed by atoms with E-state index in [1.165, 1.54) is 11.3 Å². The van der Waals surface area contributed by atoms with E-state index >= 15 is 0 Å². The molecule has 0 saturated heterocycles. The van der Waals surface area contributed by atoms with E-state index in [1.807, 2.05) is 54.6 Å². The summed E-state index contributed by atoms with van der Waals surface area (Å²) in [5.74, 6) is -0.106. The topological polar surface area (TPSA) is 60.0 Å². The van der Waals surface area contributed by atoms with Crippen LogP contribution in [0, 0.1) is 6.92 Å². The zero-order chi connectivity index (χ0) is 29.5. The van der Waals surface area contributed by atoms with Gasteiger partial charge in [-0.3, -0.25) is 4.79 Å². The van der Waals surface area contributed by atoms with E-state index in [0.29, 0.717) is 29.2 Å². The molecular formula is C35H43N5O. The molecule has 1 aliphatic carbocycles. The van der Waals surface area contributed by atoms with Gasteiger partial charge in [0.05, 0.1) is 22.8 Å². The van der Waals surface area contributed by atoms with Gasteiger partial charge in [0.25, 0.3) is 0 Å². The molecule has 41 heavy (non-hydrogen) atoms. The molecule has 1 aliphatic rings. The quantitative estimate of drug-likeness (QED) is 0.237. The highest BCUT2D eigenvalue weighted by atomic mass is 16.1. The molecule has 0 aromatic heterocycles. The van der Waals surface area contributed by atoms with E-state index < -0.39 is 0 Å². The van der Waals surface area contributed by atoms with Gasteiger partial charge in [-0.25, -0.2) is 4.99 Å². The number of aryl methyl sites for hydroxylation is 1. The first-order chi connectivity index (χ1) is 19.7. The van der Waals surface area contributed by atoms with Gasteiger partial charge in [-0.2, -0.15) is 0 Å². The lowest BCUT2D eigenvalue weighted by Gasteiger charge is -2.27. The number of allylic oxidation sites excluding steroid dienone is 2. The van der Waals surface area contributed by atoms with E-state index in [2.05, 4.69) is 93.2 Å². The van der Waals surface area contributed by atoms with Crippen molar-refractivity contribution >= 4 is 39.9 Å². The van der Waals surface area contributed by atoms with E-state index in [1.54, 1.807) is 6.08 Å². The normalized spacial score (nSPS) is 14.3. The predicted molar refractivity (Wildman–Crippen MR) is 176 cm³/mol. The minimum Gasteiger partial charge on any atom is -0.369 e. The van der Waals surface area contributed by atoms with E-state index in [9.17, 15) is 4.79 Å². The Kier molecular flexibility index (Phi) is 9.66. The summed E-state index contributed by atoms with van der Waals surface area (Å²) >= 11 is 0. The van der Waals surface area contributed by atoms with Gasteiger partial charge in [-0.05, 0) is 115 Å². The smallest absolute Gasteiger partial charge is 0.204 e. The number of nitrogens with zero attached hydrogens (tertiary/aromatic N) is 3. The van der Waals surface area contributed by atoms with Gasteiger partial charge in [-0.1, -0.05) is 17.7 Å². The molecule has 0 unspecified atom stereocenters. The van der Waals surface area contributed by atoms with Crippen LogP contribution in [0.4, 0.5) is 28.4 Å². The SMILES string of the molecule is CCN(c1ccc(/N=C2/C=C(Nc3ccc(N(CC)C(C)C)cc3)C(=O)C=C2Nc2ccc(C)cc2)cc1)C(C)C. The van der Waals surface area contributed by atoms with Crippen molar-refractivity contribution in [1.29, 1.82) is 0 Å². The first kappa shape index (κ1) is 29.7. The number of aliphatic imine (C=N–C) groups is 1. The van der Waals surface area contributed by atoms with Crippen LogP contribution in [0.25, 0.3) is 0 Å². The number of rotatable bonds is 11. The second-order valence-electron chi connectivity index (χ2n) is 10.9. The number of hydrogen-bond acceptors (Lipinski definition) is 6. The van der Waals surface area contributed by atoms with E-state index in [0.717, 1.165) is 35.8 Å². The molecule has 4 rings (SSSR count). The molecule has 0 bridgehead atoms. The van der Waals surface area contributed by atoms with Gasteiger partial charge in [0, 0.05) is 54.0 Å². The molecule has 0 fully saturated rings. The van der Waals surface area contributed by atoms with Crippen LogP contribution in [0.3, 0.4) is 0 Å². The first-order valence-corrected chi connectivity index (χ1v) is 14.6. The molecule has 6 heteroatoms. The predicted octanol–water partition coefficient (Wildman–Crippen LogP) is 8.11. The Morgan fingerprint density at radius 1 is 0.659 bits per heavy atom. The Morgan fingerprint density at radius 3 is 1.61 bits per heavy atom. The third-order valence-corrected chi connectivity index (χ3v) is 7.27. The Morgan fingerprint density at radius 2 is 1.12 bits per heavy atom. The zero-order valence-corrected chi connectivity index (χ0v) is 25.4. The number of benzene rings is 3. The lowest BCUT2D eigenvalue weighted by atomic mass is 10.0. The van der Waals surface area contributed by atoms with Crippen LogP contribution >= 0.6 is 0 Å². The number of carbonyl (C=O) groups is 1. The molecule has 0 aliphatic heterocycles. The molecule has 3 aromatic carbocycles. The maximum Gasteiger partial charge on any atom is 0.204 e. The summed E-state index contributed by atoms with van der Waals surface area (Å²) in [5.41, 5.74) is 7.91. The Bertz CT molecular complexity index is 1410. The lowest BCUT2D eigenvalue weighted by Crippen LogP contribution is -2.30. The second kappa shape index (κ2) is 13.4. The highest BCUT2D eigenvalue weighted by molar-refractivity contribution is 6.24. The van der Waals surface area contributed by atoms with Crippen molar-refractivity contribution < 1.29 is 4.79 Å². The van der Waals surface area contributed by atoms with Crippen molar-refractivity contribution in [3.63, 3.8) is 0 Å². The standard InChI is InChI=1S/C35H43N5O/c1-8-39(24(3)4)30-18-14-28(15-19-30)36-32-22-34(35(41)23-33(32)37-27-12-10-26(7)11-13-27)38-29-16-20-31(21-17-29)40(9-2)25(5)6/h10-25,37-38H,8-9H2,1-7H3/b36-32-. The molecular weight excluding hydrogens is 506 g/mol. The number of hydrogen-bond donors (Lipinski definition) is 2. The van der Waals surface area contributed by atoms with Crippen LogP contribution in [0.2, 0.25) is 0 Å². The molecule has 2 N–H and O–H groups in total. The molecule has 0 amide bonds. The van der Waals surface area contributed by atoms with Crippen molar-refractivity contribution in [2.24, 2.45) is 4.99 Å². The van der Waals surface area contributed by atoms with Gasteiger partial charge in [0.2, 0.25) is 5.78 Å². The van der Waals surface area contributed by atoms with E-state index in [-0.39, 0.29) is 5.78 Å². The molecule has 0 heterocycles. The number of nitrogens with one attached hydrogen (secondary N) is 2. The Labute approximate surface area is 245 Å². The van der Waals surface area contributed by atoms with Crippen molar-refractivity contribution in [3.05, 3.63) is 102 Å². The summed E-state index contributed by atoms with van der Waals surface area (Å²) in [6, 6.07) is 25.4. The lowest BCUT2D eigenvalue weighted by molar-refractivity contribution is -0.111. The van der Waals surface area contributed by atoms with Crippen LogP contribution < -0.4 is 20.4 Å². The van der Waals surface area contributed by atoms with Crippen molar-refractivity contribution in [1.82, 2.24) is 0 Å². The maximum absolute atomic E-state index is 13.3. The molecule has 0 radical (unpaired) electrons. The third kappa shape index (κ3) is 7.46. The number of anilines is 4. The summed E-state index contributed by atoms with van der Waals surface area (Å²) in [5, 5.41) is 6.74. The Balaban J connectivity index is 1.64. The highest BCUT2D eigenvalue weighted by Gasteiger charge is 2.20. The van der Waals surface area contributed by atoms with Crippen LogP contribution in [0.1, 0.15) is 47.1 Å². The van der Waals surface area contributed by atoms with Gasteiger partial charge < -0.3 is 20.4 Å².